The van der Waals surface area contributed by atoms with Gasteiger partial charge in [0.2, 0.25) is 5.91 Å². The van der Waals surface area contributed by atoms with Crippen molar-refractivity contribution in [1.29, 1.82) is 0 Å². The van der Waals surface area contributed by atoms with E-state index < -0.39 is 0 Å². The minimum Gasteiger partial charge on any atom is -0.376 e. The van der Waals surface area contributed by atoms with Crippen LogP contribution < -0.4 is 0 Å². The molecule has 0 spiro atoms. The Hall–Kier alpha value is -1.54. The lowest BCUT2D eigenvalue weighted by Crippen LogP contribution is -2.43. The second-order valence-electron chi connectivity index (χ2n) is 8.94. The van der Waals surface area contributed by atoms with Gasteiger partial charge in [-0.3, -0.25) is 9.69 Å². The highest BCUT2D eigenvalue weighted by Crippen LogP contribution is 2.28. The molecule has 1 amide bonds. The molecule has 2 aliphatic heterocycles. The molecule has 0 N–H and O–H groups in total. The Bertz CT molecular complexity index is 632. The van der Waals surface area contributed by atoms with E-state index in [0.29, 0.717) is 12.5 Å². The number of rotatable bonds is 8. The van der Waals surface area contributed by atoms with Crippen LogP contribution in [-0.4, -0.2) is 74.8 Å². The van der Waals surface area contributed by atoms with Crippen LogP contribution in [0.25, 0.3) is 0 Å². The van der Waals surface area contributed by atoms with Gasteiger partial charge in [0.05, 0.1) is 12.6 Å². The highest BCUT2D eigenvalue weighted by Gasteiger charge is 2.28. The lowest BCUT2D eigenvalue weighted by atomic mass is 9.85. The van der Waals surface area contributed by atoms with Gasteiger partial charge < -0.3 is 9.64 Å². The first-order valence-corrected chi connectivity index (χ1v) is 11.0. The fourth-order valence-corrected chi connectivity index (χ4v) is 4.41. The second-order valence-corrected chi connectivity index (χ2v) is 8.94. The van der Waals surface area contributed by atoms with E-state index in [4.69, 9.17) is 4.74 Å². The zero-order valence-electron chi connectivity index (χ0n) is 17.1. The minimum atomic E-state index is 0.114. The Morgan fingerprint density at radius 1 is 1.14 bits per heavy atom. The van der Waals surface area contributed by atoms with Crippen LogP contribution in [0.1, 0.15) is 57.7 Å². The molecule has 1 aromatic rings. The highest BCUT2D eigenvalue weighted by molar-refractivity contribution is 5.76. The smallest absolute Gasteiger partial charge is 0.244 e. The first-order chi connectivity index (χ1) is 13.7. The highest BCUT2D eigenvalue weighted by atomic mass is 16.5. The van der Waals surface area contributed by atoms with Gasteiger partial charge in [-0.15, -0.1) is 5.10 Å². The maximum atomic E-state index is 13.1. The molecule has 1 atom stereocenters. The number of aromatic nitrogens is 4. The number of likely N-dealkylation sites (tertiary alicyclic amines) is 1. The predicted molar refractivity (Wildman–Crippen MR) is 104 cm³/mol. The predicted octanol–water partition coefficient (Wildman–Crippen LogP) is 1.71. The maximum Gasteiger partial charge on any atom is 0.244 e. The molecule has 28 heavy (non-hydrogen) atoms. The summed E-state index contributed by atoms with van der Waals surface area (Å²) >= 11 is 0. The quantitative estimate of drug-likeness (QED) is 0.673. The average molecular weight is 391 g/mol. The Kier molecular flexibility index (Phi) is 6.57. The third kappa shape index (κ3) is 5.08. The van der Waals surface area contributed by atoms with Crippen molar-refractivity contribution in [3.63, 3.8) is 0 Å². The molecular formula is C20H34N6O2. The van der Waals surface area contributed by atoms with Crippen molar-refractivity contribution >= 4 is 5.91 Å². The van der Waals surface area contributed by atoms with Gasteiger partial charge in [-0.2, -0.15) is 0 Å². The number of amides is 1. The summed E-state index contributed by atoms with van der Waals surface area (Å²) in [6.45, 7) is 7.79. The van der Waals surface area contributed by atoms with Gasteiger partial charge in [0.25, 0.3) is 0 Å². The summed E-state index contributed by atoms with van der Waals surface area (Å²) in [6, 6.07) is 0. The monoisotopic (exact) mass is 390 g/mol. The molecule has 3 heterocycles. The van der Waals surface area contributed by atoms with Crippen LogP contribution in [0.5, 0.6) is 0 Å². The number of nitrogens with zero attached hydrogens (tertiary/aromatic N) is 6. The zero-order chi connectivity index (χ0) is 19.3. The first-order valence-electron chi connectivity index (χ1n) is 11.0. The van der Waals surface area contributed by atoms with Crippen molar-refractivity contribution in [3.05, 3.63) is 5.82 Å². The lowest BCUT2D eigenvalue weighted by Gasteiger charge is -2.33. The van der Waals surface area contributed by atoms with E-state index in [-0.39, 0.29) is 18.6 Å². The maximum absolute atomic E-state index is 13.1. The summed E-state index contributed by atoms with van der Waals surface area (Å²) in [4.78, 5) is 17.5. The summed E-state index contributed by atoms with van der Waals surface area (Å²) in [6.07, 6.45) is 8.54. The van der Waals surface area contributed by atoms with Gasteiger partial charge in [-0.05, 0) is 73.9 Å². The van der Waals surface area contributed by atoms with Crippen molar-refractivity contribution in [2.24, 2.45) is 11.8 Å². The topological polar surface area (TPSA) is 76.4 Å². The standard InChI is InChI=1S/C20H34N6O2/c1-16-7-9-24(10-8-16)14-19-21-22-23-26(19)15-20(27)25(12-17-4-2-5-17)13-18-6-3-11-28-18/h16-18H,2-15H2,1H3/t18-/m0/s1. The number of ether oxygens (including phenoxy) is 1. The molecule has 156 valence electrons. The number of hydrogen-bond acceptors (Lipinski definition) is 6. The number of piperidine rings is 1. The van der Waals surface area contributed by atoms with Crippen LogP contribution in [0.3, 0.4) is 0 Å². The second kappa shape index (κ2) is 9.31. The molecule has 0 aromatic carbocycles. The lowest BCUT2D eigenvalue weighted by molar-refractivity contribution is -0.134. The molecule has 1 saturated carbocycles. The molecule has 3 aliphatic rings. The summed E-state index contributed by atoms with van der Waals surface area (Å²) in [7, 11) is 0. The number of carbonyl (C=O) groups is 1. The van der Waals surface area contributed by atoms with Crippen LogP contribution in [0.2, 0.25) is 0 Å². The number of hydrogen-bond donors (Lipinski definition) is 0. The van der Waals surface area contributed by atoms with E-state index in [2.05, 4.69) is 27.3 Å². The Morgan fingerprint density at radius 2 is 1.96 bits per heavy atom. The Morgan fingerprint density at radius 3 is 2.64 bits per heavy atom. The third-order valence-electron chi connectivity index (χ3n) is 6.64. The molecule has 2 saturated heterocycles. The normalized spacial score (nSPS) is 24.4. The van der Waals surface area contributed by atoms with Crippen LogP contribution in [0, 0.1) is 11.8 Å². The molecule has 1 aromatic heterocycles. The van der Waals surface area contributed by atoms with Gasteiger partial charge in [-0.25, -0.2) is 4.68 Å². The molecule has 3 fully saturated rings. The van der Waals surface area contributed by atoms with E-state index in [1.54, 1.807) is 4.68 Å². The van der Waals surface area contributed by atoms with Crippen molar-refractivity contribution in [2.75, 3.05) is 32.8 Å². The zero-order valence-corrected chi connectivity index (χ0v) is 17.1. The average Bonchev–Trinajstić information content (AvgIpc) is 3.31. The SMILES string of the molecule is CC1CCN(Cc2nnnn2CC(=O)N(CC2CCC2)C[C@@H]2CCCO2)CC1. The summed E-state index contributed by atoms with van der Waals surface area (Å²) in [5.74, 6) is 2.35. The largest absolute Gasteiger partial charge is 0.376 e. The van der Waals surface area contributed by atoms with Crippen molar-refractivity contribution in [3.8, 4) is 0 Å². The van der Waals surface area contributed by atoms with E-state index in [1.165, 1.54) is 32.1 Å². The Balaban J connectivity index is 1.35. The first kappa shape index (κ1) is 19.8. The van der Waals surface area contributed by atoms with Gasteiger partial charge in [0.15, 0.2) is 5.82 Å². The van der Waals surface area contributed by atoms with Crippen molar-refractivity contribution < 1.29 is 9.53 Å². The minimum absolute atomic E-state index is 0.114. The van der Waals surface area contributed by atoms with Gasteiger partial charge >= 0.3 is 0 Å². The fourth-order valence-electron chi connectivity index (χ4n) is 4.41. The molecule has 0 unspecified atom stereocenters. The summed E-state index contributed by atoms with van der Waals surface area (Å²) < 4.78 is 7.49. The van der Waals surface area contributed by atoms with Gasteiger partial charge in [-0.1, -0.05) is 13.3 Å². The van der Waals surface area contributed by atoms with Crippen LogP contribution >= 0.6 is 0 Å². The summed E-state index contributed by atoms with van der Waals surface area (Å²) in [5, 5.41) is 12.2. The molecular weight excluding hydrogens is 356 g/mol. The molecule has 8 heteroatoms. The molecule has 1 aliphatic carbocycles. The Labute approximate surface area is 167 Å². The van der Waals surface area contributed by atoms with Crippen molar-refractivity contribution in [2.45, 2.75) is 71.1 Å². The van der Waals surface area contributed by atoms with Crippen molar-refractivity contribution in [1.82, 2.24) is 30.0 Å². The van der Waals surface area contributed by atoms with E-state index in [9.17, 15) is 4.79 Å². The van der Waals surface area contributed by atoms with E-state index in [1.807, 2.05) is 4.90 Å². The molecule has 8 nitrogen and oxygen atoms in total. The fraction of sp³-hybridized carbons (Fsp3) is 0.900. The van der Waals surface area contributed by atoms with E-state index in [0.717, 1.165) is 57.4 Å². The number of tetrazole rings is 1. The molecule has 0 bridgehead atoms. The molecule has 4 rings (SSSR count). The third-order valence-corrected chi connectivity index (χ3v) is 6.64. The van der Waals surface area contributed by atoms with Gasteiger partial charge in [0.1, 0.15) is 6.54 Å². The van der Waals surface area contributed by atoms with Crippen LogP contribution in [0.4, 0.5) is 0 Å². The van der Waals surface area contributed by atoms with E-state index >= 15 is 0 Å². The van der Waals surface area contributed by atoms with Crippen LogP contribution in [0.15, 0.2) is 0 Å². The molecule has 0 radical (unpaired) electrons. The number of carbonyl (C=O) groups excluding carboxylic acids is 1. The summed E-state index contributed by atoms with van der Waals surface area (Å²) in [5.41, 5.74) is 0. The van der Waals surface area contributed by atoms with Gasteiger partial charge in [0, 0.05) is 19.7 Å². The van der Waals surface area contributed by atoms with Crippen LogP contribution in [-0.2, 0) is 22.6 Å².